The van der Waals surface area contributed by atoms with E-state index in [0.29, 0.717) is 0 Å². The zero-order valence-electron chi connectivity index (χ0n) is 10.1. The van der Waals surface area contributed by atoms with Crippen LogP contribution in [0.2, 0.25) is 0 Å². The van der Waals surface area contributed by atoms with Crippen molar-refractivity contribution >= 4 is 0 Å². The van der Waals surface area contributed by atoms with Gasteiger partial charge >= 0.3 is 0 Å². The van der Waals surface area contributed by atoms with Crippen LogP contribution in [-0.4, -0.2) is 0 Å². The van der Waals surface area contributed by atoms with E-state index >= 15 is 0 Å². The van der Waals surface area contributed by atoms with Gasteiger partial charge in [0.15, 0.2) is 0 Å². The average Bonchev–Trinajstić information content (AvgIpc) is 2.24. The van der Waals surface area contributed by atoms with Gasteiger partial charge in [-0.05, 0) is 51.4 Å². The molecule has 0 atom stereocenters. The number of allylic oxidation sites excluding steroid dienone is 4. The van der Waals surface area contributed by atoms with Gasteiger partial charge in [-0.1, -0.05) is 42.6 Å². The lowest BCUT2D eigenvalue weighted by molar-refractivity contribution is 0.393. The molecule has 0 aromatic heterocycles. The molecule has 0 aromatic carbocycles. The van der Waals surface area contributed by atoms with Gasteiger partial charge in [0.1, 0.15) is 0 Å². The predicted octanol–water partition coefficient (Wildman–Crippen LogP) is 5.01. The maximum atomic E-state index is 2.56. The molecule has 0 amide bonds. The molecule has 1 fully saturated rings. The van der Waals surface area contributed by atoms with Crippen LogP contribution in [0.25, 0.3) is 0 Å². The van der Waals surface area contributed by atoms with Gasteiger partial charge in [0.05, 0.1) is 0 Å². The fourth-order valence-corrected chi connectivity index (χ4v) is 3.02. The molecule has 0 unspecified atom stereocenters. The van der Waals surface area contributed by atoms with Crippen molar-refractivity contribution in [3.05, 3.63) is 23.3 Å². The number of rotatable bonds is 1. The van der Waals surface area contributed by atoms with E-state index < -0.39 is 0 Å². The SMILES string of the molecule is CC1=CCCC(C2CCCCC2)=CCC1. The van der Waals surface area contributed by atoms with E-state index in [9.17, 15) is 0 Å². The molecule has 2 rings (SSSR count). The molecule has 2 aliphatic carbocycles. The summed E-state index contributed by atoms with van der Waals surface area (Å²) >= 11 is 0. The topological polar surface area (TPSA) is 0 Å². The second kappa shape index (κ2) is 5.53. The van der Waals surface area contributed by atoms with Crippen molar-refractivity contribution in [3.8, 4) is 0 Å². The summed E-state index contributed by atoms with van der Waals surface area (Å²) in [4.78, 5) is 0. The van der Waals surface area contributed by atoms with Gasteiger partial charge in [-0.15, -0.1) is 0 Å². The summed E-state index contributed by atoms with van der Waals surface area (Å²) in [5, 5.41) is 0. The van der Waals surface area contributed by atoms with Crippen molar-refractivity contribution in [2.24, 2.45) is 5.92 Å². The van der Waals surface area contributed by atoms with E-state index in [1.54, 1.807) is 11.1 Å². The number of hydrogen-bond acceptors (Lipinski definition) is 0. The molecule has 0 saturated heterocycles. The van der Waals surface area contributed by atoms with Crippen LogP contribution >= 0.6 is 0 Å². The van der Waals surface area contributed by atoms with Gasteiger partial charge in [0.25, 0.3) is 0 Å². The van der Waals surface area contributed by atoms with Crippen LogP contribution < -0.4 is 0 Å². The Labute approximate surface area is 94.5 Å². The first kappa shape index (κ1) is 11.0. The molecule has 0 bridgehead atoms. The third-order valence-electron chi connectivity index (χ3n) is 4.00. The summed E-state index contributed by atoms with van der Waals surface area (Å²) < 4.78 is 0. The minimum Gasteiger partial charge on any atom is -0.0853 e. The summed E-state index contributed by atoms with van der Waals surface area (Å²) in [6, 6.07) is 0. The minimum atomic E-state index is 0.950. The average molecular weight is 204 g/mol. The Hall–Kier alpha value is -0.520. The molecule has 15 heavy (non-hydrogen) atoms. The van der Waals surface area contributed by atoms with Crippen LogP contribution in [0.15, 0.2) is 23.3 Å². The highest BCUT2D eigenvalue weighted by molar-refractivity contribution is 5.13. The van der Waals surface area contributed by atoms with Crippen LogP contribution in [0.1, 0.15) is 64.7 Å². The van der Waals surface area contributed by atoms with E-state index in [1.165, 1.54) is 57.8 Å². The van der Waals surface area contributed by atoms with Crippen LogP contribution in [-0.2, 0) is 0 Å². The van der Waals surface area contributed by atoms with Gasteiger partial charge in [-0.2, -0.15) is 0 Å². The van der Waals surface area contributed by atoms with E-state index in [4.69, 9.17) is 0 Å². The summed E-state index contributed by atoms with van der Waals surface area (Å²) in [5.41, 5.74) is 3.38. The van der Waals surface area contributed by atoms with E-state index in [2.05, 4.69) is 19.1 Å². The summed E-state index contributed by atoms with van der Waals surface area (Å²) in [6.45, 7) is 2.28. The van der Waals surface area contributed by atoms with Crippen LogP contribution in [0.5, 0.6) is 0 Å². The fourth-order valence-electron chi connectivity index (χ4n) is 3.02. The van der Waals surface area contributed by atoms with Gasteiger partial charge in [0, 0.05) is 0 Å². The Kier molecular flexibility index (Phi) is 4.05. The largest absolute Gasteiger partial charge is 0.0853 e. The van der Waals surface area contributed by atoms with Crippen molar-refractivity contribution in [2.45, 2.75) is 64.7 Å². The van der Waals surface area contributed by atoms with Crippen molar-refractivity contribution < 1.29 is 0 Å². The van der Waals surface area contributed by atoms with E-state index in [0.717, 1.165) is 5.92 Å². The maximum absolute atomic E-state index is 2.56. The number of hydrogen-bond donors (Lipinski definition) is 0. The first-order chi connectivity index (χ1) is 7.36. The van der Waals surface area contributed by atoms with E-state index in [-0.39, 0.29) is 0 Å². The van der Waals surface area contributed by atoms with E-state index in [1.807, 2.05) is 0 Å². The Morgan fingerprint density at radius 1 is 0.933 bits per heavy atom. The third-order valence-corrected chi connectivity index (χ3v) is 4.00. The molecule has 0 radical (unpaired) electrons. The molecule has 0 nitrogen and oxygen atoms in total. The molecule has 84 valence electrons. The third kappa shape index (κ3) is 3.22. The lowest BCUT2D eigenvalue weighted by Gasteiger charge is -2.25. The maximum Gasteiger partial charge on any atom is -0.0203 e. The highest BCUT2D eigenvalue weighted by Crippen LogP contribution is 2.33. The first-order valence-corrected chi connectivity index (χ1v) is 6.71. The molecule has 1 saturated carbocycles. The normalized spacial score (nSPS) is 25.1. The Morgan fingerprint density at radius 3 is 2.47 bits per heavy atom. The second-order valence-corrected chi connectivity index (χ2v) is 5.24. The van der Waals surface area contributed by atoms with Crippen molar-refractivity contribution in [1.29, 1.82) is 0 Å². The van der Waals surface area contributed by atoms with Crippen LogP contribution in [0.4, 0.5) is 0 Å². The summed E-state index contributed by atoms with van der Waals surface area (Å²) in [7, 11) is 0. The Morgan fingerprint density at radius 2 is 1.67 bits per heavy atom. The highest BCUT2D eigenvalue weighted by atomic mass is 14.2. The highest BCUT2D eigenvalue weighted by Gasteiger charge is 2.17. The standard InChI is InChI=1S/C15H24/c1-13-7-5-11-15(12-6-8-13)14-9-3-2-4-10-14/h7,12,14H,2-6,8-11H2,1H3. The molecular weight excluding hydrogens is 180 g/mol. The summed E-state index contributed by atoms with van der Waals surface area (Å²) in [5.74, 6) is 0.950. The summed E-state index contributed by atoms with van der Waals surface area (Å²) in [6.07, 6.45) is 17.6. The van der Waals surface area contributed by atoms with Crippen LogP contribution in [0.3, 0.4) is 0 Å². The lowest BCUT2D eigenvalue weighted by atomic mass is 9.81. The van der Waals surface area contributed by atoms with Crippen molar-refractivity contribution in [2.75, 3.05) is 0 Å². The molecule has 0 heteroatoms. The molecule has 0 spiro atoms. The van der Waals surface area contributed by atoms with Gasteiger partial charge in [-0.25, -0.2) is 0 Å². The van der Waals surface area contributed by atoms with Crippen molar-refractivity contribution in [3.63, 3.8) is 0 Å². The first-order valence-electron chi connectivity index (χ1n) is 6.71. The van der Waals surface area contributed by atoms with Gasteiger partial charge in [0.2, 0.25) is 0 Å². The second-order valence-electron chi connectivity index (χ2n) is 5.24. The van der Waals surface area contributed by atoms with Gasteiger partial charge < -0.3 is 0 Å². The van der Waals surface area contributed by atoms with Crippen molar-refractivity contribution in [1.82, 2.24) is 0 Å². The fraction of sp³-hybridized carbons (Fsp3) is 0.733. The zero-order valence-corrected chi connectivity index (χ0v) is 10.1. The Bertz CT molecular complexity index is 251. The Balaban J connectivity index is 1.93. The molecule has 0 aliphatic heterocycles. The molecule has 0 aromatic rings. The van der Waals surface area contributed by atoms with Crippen LogP contribution in [0, 0.1) is 5.92 Å². The zero-order chi connectivity index (χ0) is 10.5. The molecule has 2 aliphatic rings. The predicted molar refractivity (Wildman–Crippen MR) is 66.9 cm³/mol. The molecular formula is C15H24. The molecule has 0 N–H and O–H groups in total. The monoisotopic (exact) mass is 204 g/mol. The lowest BCUT2D eigenvalue weighted by Crippen LogP contribution is -2.09. The molecule has 0 heterocycles. The smallest absolute Gasteiger partial charge is 0.0203 e. The quantitative estimate of drug-likeness (QED) is 0.526. The minimum absolute atomic E-state index is 0.950. The van der Waals surface area contributed by atoms with Gasteiger partial charge in [-0.3, -0.25) is 0 Å².